The fourth-order valence-electron chi connectivity index (χ4n) is 2.78. The maximum atomic E-state index is 13.3. The molecule has 3 aromatic rings. The van der Waals surface area contributed by atoms with Gasteiger partial charge < -0.3 is 9.47 Å². The van der Waals surface area contributed by atoms with Gasteiger partial charge in [-0.1, -0.05) is 23.2 Å². The van der Waals surface area contributed by atoms with Crippen LogP contribution in [-0.4, -0.2) is 31.8 Å². The minimum Gasteiger partial charge on any atom is -0.493 e. The van der Waals surface area contributed by atoms with Gasteiger partial charge in [0.2, 0.25) is 0 Å². The van der Waals surface area contributed by atoms with Crippen molar-refractivity contribution in [3.63, 3.8) is 0 Å². The molecule has 6 nitrogen and oxygen atoms in total. The van der Waals surface area contributed by atoms with Gasteiger partial charge in [0.15, 0.2) is 29.1 Å². The van der Waals surface area contributed by atoms with Gasteiger partial charge in [0.1, 0.15) is 0 Å². The molecular formula is C23H18Cl2N2O4. The van der Waals surface area contributed by atoms with E-state index in [4.69, 9.17) is 32.7 Å². The smallest absolute Gasteiger partial charge is 0.197 e. The van der Waals surface area contributed by atoms with Crippen molar-refractivity contribution in [2.45, 2.75) is 6.04 Å². The number of hydrogen-bond donors (Lipinski definition) is 0. The lowest BCUT2D eigenvalue weighted by Crippen LogP contribution is -2.28. The number of ketones is 2. The molecule has 8 heteroatoms. The van der Waals surface area contributed by atoms with Gasteiger partial charge in [-0.05, 0) is 66.7 Å². The van der Waals surface area contributed by atoms with Crippen molar-refractivity contribution in [1.29, 1.82) is 0 Å². The maximum Gasteiger partial charge on any atom is 0.197 e. The Kier molecular flexibility index (Phi) is 7.39. The number of Topliss-reactive ketones (excluding diaryl/α,β-unsaturated/α-hetero) is 2. The zero-order valence-electron chi connectivity index (χ0n) is 16.7. The number of nitrogens with zero attached hydrogens (tertiary/aromatic N) is 2. The van der Waals surface area contributed by atoms with Crippen molar-refractivity contribution >= 4 is 40.5 Å². The van der Waals surface area contributed by atoms with Crippen molar-refractivity contribution in [2.75, 3.05) is 14.2 Å². The van der Waals surface area contributed by atoms with E-state index in [9.17, 15) is 9.59 Å². The van der Waals surface area contributed by atoms with Gasteiger partial charge in [-0.15, -0.1) is 0 Å². The number of hydrogen-bond acceptors (Lipinski definition) is 6. The number of ether oxygens (including phenoxy) is 2. The van der Waals surface area contributed by atoms with Crippen LogP contribution in [0.3, 0.4) is 0 Å². The van der Waals surface area contributed by atoms with E-state index >= 15 is 0 Å². The fraction of sp³-hybridized carbons (Fsp3) is 0.130. The van der Waals surface area contributed by atoms with Crippen LogP contribution in [0.25, 0.3) is 0 Å². The van der Waals surface area contributed by atoms with Crippen LogP contribution >= 0.6 is 23.2 Å². The molecule has 0 fully saturated rings. The molecule has 3 aromatic carbocycles. The van der Waals surface area contributed by atoms with E-state index in [0.717, 1.165) is 0 Å². The Bertz CT molecular complexity index is 1110. The molecule has 0 bridgehead atoms. The quantitative estimate of drug-likeness (QED) is 0.228. The first-order valence-electron chi connectivity index (χ1n) is 9.15. The summed E-state index contributed by atoms with van der Waals surface area (Å²) in [5, 5.41) is 9.16. The van der Waals surface area contributed by atoms with Gasteiger partial charge in [0.25, 0.3) is 0 Å². The van der Waals surface area contributed by atoms with E-state index in [1.165, 1.54) is 32.4 Å². The average molecular weight is 457 g/mol. The standard InChI is InChI=1S/C23H18Cl2N2O4/c1-30-19-12-5-15(13-20(19)31-2)23(29)21(22(28)14-3-6-16(24)7-4-14)27-26-18-10-8-17(25)9-11-18/h3-13,21H,1-2H3. The molecule has 0 spiro atoms. The molecule has 0 radical (unpaired) electrons. The molecule has 0 N–H and O–H groups in total. The first-order valence-corrected chi connectivity index (χ1v) is 9.91. The van der Waals surface area contributed by atoms with Gasteiger partial charge in [0, 0.05) is 21.2 Å². The van der Waals surface area contributed by atoms with Crippen molar-refractivity contribution in [3.05, 3.63) is 87.9 Å². The van der Waals surface area contributed by atoms with E-state index < -0.39 is 17.6 Å². The predicted octanol–water partition coefficient (Wildman–Crippen LogP) is 6.23. The summed E-state index contributed by atoms with van der Waals surface area (Å²) in [6.07, 6.45) is 0. The number of carbonyl (C=O) groups excluding carboxylic acids is 2. The maximum absolute atomic E-state index is 13.3. The van der Waals surface area contributed by atoms with Gasteiger partial charge in [-0.3, -0.25) is 9.59 Å². The van der Waals surface area contributed by atoms with Crippen LogP contribution in [0.15, 0.2) is 77.0 Å². The SMILES string of the molecule is COc1ccc(C(=O)C(N=Nc2ccc(Cl)cc2)C(=O)c2ccc(Cl)cc2)cc1OC. The Morgan fingerprint density at radius 1 is 0.742 bits per heavy atom. The third kappa shape index (κ3) is 5.48. The molecule has 3 rings (SSSR count). The normalized spacial score (nSPS) is 11.9. The number of azo groups is 1. The molecular weight excluding hydrogens is 439 g/mol. The Labute approximate surface area is 189 Å². The number of carbonyl (C=O) groups is 2. The summed E-state index contributed by atoms with van der Waals surface area (Å²) < 4.78 is 10.5. The topological polar surface area (TPSA) is 77.3 Å². The highest BCUT2D eigenvalue weighted by atomic mass is 35.5. The second kappa shape index (κ2) is 10.2. The monoisotopic (exact) mass is 456 g/mol. The summed E-state index contributed by atoms with van der Waals surface area (Å²) in [7, 11) is 2.95. The zero-order valence-corrected chi connectivity index (χ0v) is 18.2. The lowest BCUT2D eigenvalue weighted by molar-refractivity contribution is 0.0861. The van der Waals surface area contributed by atoms with Crippen LogP contribution in [0, 0.1) is 0 Å². The predicted molar refractivity (Wildman–Crippen MR) is 119 cm³/mol. The van der Waals surface area contributed by atoms with Crippen molar-refractivity contribution < 1.29 is 19.1 Å². The minimum absolute atomic E-state index is 0.236. The summed E-state index contributed by atoms with van der Waals surface area (Å²) in [5.41, 5.74) is 0.983. The van der Waals surface area contributed by atoms with Crippen molar-refractivity contribution in [3.8, 4) is 11.5 Å². The molecule has 0 heterocycles. The van der Waals surface area contributed by atoms with E-state index in [2.05, 4.69) is 10.2 Å². The van der Waals surface area contributed by atoms with E-state index in [1.807, 2.05) is 0 Å². The van der Waals surface area contributed by atoms with Crippen LogP contribution in [0.1, 0.15) is 20.7 Å². The molecule has 0 aliphatic heterocycles. The molecule has 0 aromatic heterocycles. The van der Waals surface area contributed by atoms with Gasteiger partial charge in [-0.2, -0.15) is 10.2 Å². The fourth-order valence-corrected chi connectivity index (χ4v) is 3.03. The Hall–Kier alpha value is -3.22. The summed E-state index contributed by atoms with van der Waals surface area (Å²) in [5.74, 6) is -0.212. The largest absolute Gasteiger partial charge is 0.493 e. The Balaban J connectivity index is 1.99. The average Bonchev–Trinajstić information content (AvgIpc) is 2.80. The number of rotatable bonds is 8. The van der Waals surface area contributed by atoms with E-state index in [0.29, 0.717) is 32.8 Å². The molecule has 0 aliphatic rings. The second-order valence-electron chi connectivity index (χ2n) is 6.40. The molecule has 0 saturated heterocycles. The lowest BCUT2D eigenvalue weighted by Gasteiger charge is -2.12. The molecule has 1 atom stereocenters. The van der Waals surface area contributed by atoms with Crippen LogP contribution in [0.5, 0.6) is 11.5 Å². The highest BCUT2D eigenvalue weighted by molar-refractivity contribution is 6.31. The number of methoxy groups -OCH3 is 2. The Morgan fingerprint density at radius 3 is 1.84 bits per heavy atom. The summed E-state index contributed by atoms with van der Waals surface area (Å²) in [6.45, 7) is 0. The third-order valence-electron chi connectivity index (χ3n) is 4.41. The van der Waals surface area contributed by atoms with Gasteiger partial charge in [-0.25, -0.2) is 0 Å². The van der Waals surface area contributed by atoms with Crippen LogP contribution in [-0.2, 0) is 0 Å². The molecule has 0 amide bonds. The molecule has 0 aliphatic carbocycles. The van der Waals surface area contributed by atoms with Crippen LogP contribution < -0.4 is 9.47 Å². The van der Waals surface area contributed by atoms with Crippen molar-refractivity contribution in [1.82, 2.24) is 0 Å². The van der Waals surface area contributed by atoms with E-state index in [-0.39, 0.29) is 5.56 Å². The summed E-state index contributed by atoms with van der Waals surface area (Å²) in [6, 6.07) is 16.0. The van der Waals surface area contributed by atoms with Crippen LogP contribution in [0.4, 0.5) is 5.69 Å². The Morgan fingerprint density at radius 2 is 1.26 bits per heavy atom. The van der Waals surface area contributed by atoms with Gasteiger partial charge >= 0.3 is 0 Å². The zero-order chi connectivity index (χ0) is 22.4. The number of halogens is 2. The highest BCUT2D eigenvalue weighted by Crippen LogP contribution is 2.29. The first kappa shape index (κ1) is 22.5. The summed E-state index contributed by atoms with van der Waals surface area (Å²) >= 11 is 11.8. The molecule has 0 saturated carbocycles. The van der Waals surface area contributed by atoms with Crippen LogP contribution in [0.2, 0.25) is 10.0 Å². The molecule has 158 valence electrons. The molecule has 1 unspecified atom stereocenters. The first-order chi connectivity index (χ1) is 14.9. The minimum atomic E-state index is -1.39. The van der Waals surface area contributed by atoms with Crippen molar-refractivity contribution in [2.24, 2.45) is 10.2 Å². The lowest BCUT2D eigenvalue weighted by atomic mass is 9.96. The molecule has 31 heavy (non-hydrogen) atoms. The van der Waals surface area contributed by atoms with Gasteiger partial charge in [0.05, 0.1) is 19.9 Å². The summed E-state index contributed by atoms with van der Waals surface area (Å²) in [4.78, 5) is 26.4. The van der Waals surface area contributed by atoms with E-state index in [1.54, 1.807) is 48.5 Å². The second-order valence-corrected chi connectivity index (χ2v) is 7.27. The number of benzene rings is 3. The third-order valence-corrected chi connectivity index (χ3v) is 4.91. The highest BCUT2D eigenvalue weighted by Gasteiger charge is 2.29.